The first-order valence-corrected chi connectivity index (χ1v) is 7.86. The van der Waals surface area contributed by atoms with Crippen molar-refractivity contribution in [1.82, 2.24) is 20.3 Å². The fraction of sp³-hybridized carbons (Fsp3) is 0.333. The molecule has 1 heterocycles. The summed E-state index contributed by atoms with van der Waals surface area (Å²) >= 11 is 3.45. The van der Waals surface area contributed by atoms with Gasteiger partial charge in [0.15, 0.2) is 0 Å². The normalized spacial score (nSPS) is 10.5. The zero-order chi connectivity index (χ0) is 16.8. The number of halogens is 1. The Hall–Kier alpha value is -2.22. The summed E-state index contributed by atoms with van der Waals surface area (Å²) in [6, 6.07) is 6.01. The summed E-state index contributed by atoms with van der Waals surface area (Å²) in [6.45, 7) is 2.00. The number of rotatable bonds is 7. The molecule has 8 heteroatoms. The Balaban J connectivity index is 1.77. The monoisotopic (exact) mass is 380 g/mol. The molecule has 0 aliphatic rings. The predicted molar refractivity (Wildman–Crippen MR) is 86.7 cm³/mol. The number of nitrogens with one attached hydrogen (secondary N) is 1. The van der Waals surface area contributed by atoms with Gasteiger partial charge in [-0.05, 0) is 30.5 Å². The lowest BCUT2D eigenvalue weighted by Gasteiger charge is -2.05. The maximum absolute atomic E-state index is 11.9. The quantitative estimate of drug-likeness (QED) is 0.761. The molecule has 0 aliphatic heterocycles. The van der Waals surface area contributed by atoms with Gasteiger partial charge in [0.05, 0.1) is 12.7 Å². The second-order valence-corrected chi connectivity index (χ2v) is 6.02. The lowest BCUT2D eigenvalue weighted by atomic mass is 10.1. The Morgan fingerprint density at radius 2 is 2.17 bits per heavy atom. The molecule has 0 radical (unpaired) electrons. The van der Waals surface area contributed by atoms with Crippen molar-refractivity contribution in [1.29, 1.82) is 0 Å². The average Bonchev–Trinajstić information content (AvgIpc) is 2.93. The van der Waals surface area contributed by atoms with Crippen LogP contribution < -0.4 is 5.32 Å². The highest BCUT2D eigenvalue weighted by Gasteiger charge is 2.07. The molecule has 7 nitrogen and oxygen atoms in total. The largest absolute Gasteiger partial charge is 0.480 e. The minimum absolute atomic E-state index is 0.0849. The molecule has 1 amide bonds. The predicted octanol–water partition coefficient (Wildman–Crippen LogP) is 1.68. The molecule has 0 aliphatic carbocycles. The van der Waals surface area contributed by atoms with Gasteiger partial charge in [-0.3, -0.25) is 9.59 Å². The van der Waals surface area contributed by atoms with Gasteiger partial charge < -0.3 is 10.4 Å². The minimum atomic E-state index is -0.990. The van der Waals surface area contributed by atoms with Gasteiger partial charge in [-0.1, -0.05) is 33.3 Å². The first kappa shape index (κ1) is 17.1. The van der Waals surface area contributed by atoms with E-state index in [0.29, 0.717) is 18.5 Å². The summed E-state index contributed by atoms with van der Waals surface area (Å²) in [5.41, 5.74) is 2.77. The van der Waals surface area contributed by atoms with Crippen LogP contribution in [0.5, 0.6) is 0 Å². The van der Waals surface area contributed by atoms with Crippen molar-refractivity contribution in [2.45, 2.75) is 32.9 Å². The van der Waals surface area contributed by atoms with Gasteiger partial charge in [-0.25, -0.2) is 4.68 Å². The number of aromatic nitrogens is 3. The minimum Gasteiger partial charge on any atom is -0.480 e. The molecule has 2 aromatic rings. The van der Waals surface area contributed by atoms with Crippen LogP contribution in [-0.2, 0) is 29.1 Å². The second-order valence-electron chi connectivity index (χ2n) is 5.16. The third kappa shape index (κ3) is 5.48. The summed E-state index contributed by atoms with van der Waals surface area (Å²) < 4.78 is 2.27. The third-order valence-electron chi connectivity index (χ3n) is 3.21. The SMILES string of the molecule is Cc1cc(CCC(=O)NCc2cn(CC(=O)O)nn2)ccc1Br. The van der Waals surface area contributed by atoms with Crippen molar-refractivity contribution >= 4 is 27.8 Å². The van der Waals surface area contributed by atoms with E-state index in [1.54, 1.807) is 0 Å². The molecule has 0 spiro atoms. The van der Waals surface area contributed by atoms with E-state index in [-0.39, 0.29) is 19.0 Å². The molecule has 23 heavy (non-hydrogen) atoms. The fourth-order valence-electron chi connectivity index (χ4n) is 2.03. The van der Waals surface area contributed by atoms with Crippen LogP contribution in [0.2, 0.25) is 0 Å². The number of hydrogen-bond acceptors (Lipinski definition) is 4. The van der Waals surface area contributed by atoms with Crippen molar-refractivity contribution in [3.05, 3.63) is 45.7 Å². The molecule has 2 rings (SSSR count). The van der Waals surface area contributed by atoms with Gasteiger partial charge >= 0.3 is 5.97 Å². The Morgan fingerprint density at radius 3 is 2.87 bits per heavy atom. The molecule has 1 aromatic carbocycles. The highest BCUT2D eigenvalue weighted by Crippen LogP contribution is 2.17. The maximum Gasteiger partial charge on any atom is 0.325 e. The molecule has 0 saturated heterocycles. The molecular formula is C15H17BrN4O3. The molecule has 2 N–H and O–H groups in total. The molecular weight excluding hydrogens is 364 g/mol. The number of carbonyl (C=O) groups is 2. The number of carboxylic acids is 1. The lowest BCUT2D eigenvalue weighted by Crippen LogP contribution is -2.23. The topological polar surface area (TPSA) is 97.1 Å². The van der Waals surface area contributed by atoms with Crippen LogP contribution in [0.3, 0.4) is 0 Å². The van der Waals surface area contributed by atoms with E-state index < -0.39 is 5.97 Å². The number of nitrogens with zero attached hydrogens (tertiary/aromatic N) is 3. The molecule has 0 unspecified atom stereocenters. The van der Waals surface area contributed by atoms with Gasteiger partial charge in [0, 0.05) is 10.9 Å². The Labute approximate surface area is 141 Å². The molecule has 122 valence electrons. The molecule has 0 saturated carbocycles. The number of aryl methyl sites for hydroxylation is 2. The van der Waals surface area contributed by atoms with Crippen molar-refractivity contribution in [2.24, 2.45) is 0 Å². The Kier molecular flexibility index (Phi) is 5.86. The average molecular weight is 381 g/mol. The second kappa shape index (κ2) is 7.87. The fourth-order valence-corrected chi connectivity index (χ4v) is 2.28. The van der Waals surface area contributed by atoms with Crippen LogP contribution in [0, 0.1) is 6.92 Å². The molecule has 0 bridgehead atoms. The number of amides is 1. The summed E-state index contributed by atoms with van der Waals surface area (Å²) in [4.78, 5) is 22.4. The third-order valence-corrected chi connectivity index (χ3v) is 4.10. The van der Waals surface area contributed by atoms with E-state index in [0.717, 1.165) is 15.6 Å². The van der Waals surface area contributed by atoms with Crippen LogP contribution in [0.15, 0.2) is 28.9 Å². The van der Waals surface area contributed by atoms with E-state index in [1.807, 2.05) is 19.1 Å². The summed E-state index contributed by atoms with van der Waals surface area (Å²) in [5.74, 6) is -1.08. The van der Waals surface area contributed by atoms with E-state index in [1.165, 1.54) is 10.9 Å². The van der Waals surface area contributed by atoms with Crippen LogP contribution in [0.1, 0.15) is 23.2 Å². The maximum atomic E-state index is 11.9. The van der Waals surface area contributed by atoms with Gasteiger partial charge in [-0.15, -0.1) is 5.10 Å². The van der Waals surface area contributed by atoms with Gasteiger partial charge in [0.1, 0.15) is 12.2 Å². The van der Waals surface area contributed by atoms with Gasteiger partial charge in [0.25, 0.3) is 0 Å². The highest BCUT2D eigenvalue weighted by atomic mass is 79.9. The zero-order valence-electron chi connectivity index (χ0n) is 12.6. The zero-order valence-corrected chi connectivity index (χ0v) is 14.2. The lowest BCUT2D eigenvalue weighted by molar-refractivity contribution is -0.138. The van der Waals surface area contributed by atoms with Crippen LogP contribution in [-0.4, -0.2) is 32.0 Å². The smallest absolute Gasteiger partial charge is 0.325 e. The van der Waals surface area contributed by atoms with Crippen molar-refractivity contribution in [3.63, 3.8) is 0 Å². The number of carboxylic acid groups (broad SMARTS) is 1. The summed E-state index contributed by atoms with van der Waals surface area (Å²) in [6.07, 6.45) is 2.54. The van der Waals surface area contributed by atoms with E-state index >= 15 is 0 Å². The highest BCUT2D eigenvalue weighted by molar-refractivity contribution is 9.10. The Bertz CT molecular complexity index is 714. The Morgan fingerprint density at radius 1 is 1.39 bits per heavy atom. The number of carbonyl (C=O) groups excluding carboxylic acids is 1. The van der Waals surface area contributed by atoms with Gasteiger partial charge in [-0.2, -0.15) is 0 Å². The standard InChI is InChI=1S/C15H17BrN4O3/c1-10-6-11(2-4-13(10)16)3-5-14(21)17-7-12-8-20(19-18-12)9-15(22)23/h2,4,6,8H,3,5,7,9H2,1H3,(H,17,21)(H,22,23). The first-order valence-electron chi connectivity index (χ1n) is 7.06. The van der Waals surface area contributed by atoms with E-state index in [4.69, 9.17) is 5.11 Å². The molecule has 0 atom stereocenters. The van der Waals surface area contributed by atoms with E-state index in [2.05, 4.69) is 37.6 Å². The van der Waals surface area contributed by atoms with Crippen molar-refractivity contribution < 1.29 is 14.7 Å². The summed E-state index contributed by atoms with van der Waals surface area (Å²) in [5, 5.41) is 18.9. The van der Waals surface area contributed by atoms with Crippen molar-refractivity contribution in [2.75, 3.05) is 0 Å². The van der Waals surface area contributed by atoms with E-state index in [9.17, 15) is 9.59 Å². The summed E-state index contributed by atoms with van der Waals surface area (Å²) in [7, 11) is 0. The molecule has 1 aromatic heterocycles. The number of aliphatic carboxylic acids is 1. The van der Waals surface area contributed by atoms with Crippen LogP contribution in [0.25, 0.3) is 0 Å². The van der Waals surface area contributed by atoms with Crippen molar-refractivity contribution in [3.8, 4) is 0 Å². The number of hydrogen-bond donors (Lipinski definition) is 2. The molecule has 0 fully saturated rings. The number of benzene rings is 1. The van der Waals surface area contributed by atoms with Crippen LogP contribution in [0.4, 0.5) is 0 Å². The van der Waals surface area contributed by atoms with Gasteiger partial charge in [0.2, 0.25) is 5.91 Å². The first-order chi connectivity index (χ1) is 10.9. The van der Waals surface area contributed by atoms with Crippen LogP contribution >= 0.6 is 15.9 Å².